The van der Waals surface area contributed by atoms with Crippen LogP contribution in [0.25, 0.3) is 5.69 Å². The summed E-state index contributed by atoms with van der Waals surface area (Å²) in [5.74, 6) is -0.297. The molecule has 4 rings (SSSR count). The van der Waals surface area contributed by atoms with Crippen LogP contribution in [0.15, 0.2) is 48.7 Å². The molecule has 1 fully saturated rings. The minimum Gasteiger partial charge on any atom is -0.462 e. The second kappa shape index (κ2) is 9.42. The molecule has 0 radical (unpaired) electrons. The topological polar surface area (TPSA) is 69.4 Å². The van der Waals surface area contributed by atoms with Crippen molar-refractivity contribution in [3.05, 3.63) is 71.3 Å². The number of aryl methyl sites for hydroxylation is 3. The lowest BCUT2D eigenvalue weighted by Gasteiger charge is -2.35. The molecule has 168 valence electrons. The average molecular weight is 435 g/mol. The van der Waals surface area contributed by atoms with Crippen molar-refractivity contribution in [3.8, 4) is 5.69 Å². The average Bonchev–Trinajstić information content (AvgIpc) is 3.37. The predicted octanol–water partition coefficient (Wildman–Crippen LogP) is 4.07. The van der Waals surface area contributed by atoms with Crippen LogP contribution < -0.4 is 0 Å². The van der Waals surface area contributed by atoms with Gasteiger partial charge in [-0.15, -0.1) is 0 Å². The largest absolute Gasteiger partial charge is 0.462 e. The molecule has 3 aromatic rings. The summed E-state index contributed by atoms with van der Waals surface area (Å²) >= 11 is 0. The molecule has 2 aromatic heterocycles. The zero-order chi connectivity index (χ0) is 22.7. The van der Waals surface area contributed by atoms with E-state index >= 15 is 0 Å². The van der Waals surface area contributed by atoms with E-state index in [-0.39, 0.29) is 17.9 Å². The van der Waals surface area contributed by atoms with Crippen molar-refractivity contribution in [1.29, 1.82) is 0 Å². The lowest BCUT2D eigenvalue weighted by atomic mass is 9.99. The maximum absolute atomic E-state index is 13.0. The van der Waals surface area contributed by atoms with Crippen molar-refractivity contribution < 1.29 is 14.3 Å². The van der Waals surface area contributed by atoms with E-state index in [1.54, 1.807) is 12.1 Å². The Balaban J connectivity index is 1.34. The van der Waals surface area contributed by atoms with Gasteiger partial charge in [-0.05, 0) is 75.6 Å². The molecule has 0 spiro atoms. The Hall–Kier alpha value is -3.35. The highest BCUT2D eigenvalue weighted by atomic mass is 16.5. The Morgan fingerprint density at radius 1 is 1.12 bits per heavy atom. The van der Waals surface area contributed by atoms with Crippen molar-refractivity contribution >= 4 is 11.9 Å². The van der Waals surface area contributed by atoms with E-state index in [2.05, 4.69) is 5.10 Å². The van der Waals surface area contributed by atoms with Crippen LogP contribution in [0.5, 0.6) is 0 Å². The van der Waals surface area contributed by atoms with Crippen molar-refractivity contribution in [2.45, 2.75) is 45.6 Å². The minimum atomic E-state index is -0.346. The molecule has 32 heavy (non-hydrogen) atoms. The van der Waals surface area contributed by atoms with Gasteiger partial charge in [0.1, 0.15) is 5.69 Å². The highest BCUT2D eigenvalue weighted by Gasteiger charge is 2.28. The van der Waals surface area contributed by atoms with Crippen LogP contribution in [0.1, 0.15) is 57.9 Å². The number of rotatable bonds is 6. The van der Waals surface area contributed by atoms with E-state index in [9.17, 15) is 9.59 Å². The van der Waals surface area contributed by atoms with Crippen molar-refractivity contribution in [3.63, 3.8) is 0 Å². The number of hydrogen-bond donors (Lipinski definition) is 0. The number of esters is 1. The summed E-state index contributed by atoms with van der Waals surface area (Å²) in [4.78, 5) is 27.4. The van der Waals surface area contributed by atoms with Crippen LogP contribution in [0, 0.1) is 13.8 Å². The Morgan fingerprint density at radius 3 is 2.56 bits per heavy atom. The SMILES string of the molecule is Cc1cc(C)n(-c2ccc(C(=O)OCCC3CCCCN3C(=O)c3cccn3C)cc2)n1. The number of nitrogens with zero attached hydrogens (tertiary/aromatic N) is 4. The van der Waals surface area contributed by atoms with Crippen LogP contribution in [0.2, 0.25) is 0 Å². The second-order valence-corrected chi connectivity index (χ2v) is 8.46. The van der Waals surface area contributed by atoms with Gasteiger partial charge >= 0.3 is 5.97 Å². The molecule has 3 heterocycles. The normalized spacial score (nSPS) is 16.2. The fraction of sp³-hybridized carbons (Fsp3) is 0.400. The third-order valence-electron chi connectivity index (χ3n) is 6.09. The van der Waals surface area contributed by atoms with Crippen molar-refractivity contribution in [2.75, 3.05) is 13.2 Å². The van der Waals surface area contributed by atoms with Gasteiger partial charge in [-0.2, -0.15) is 5.10 Å². The first kappa shape index (κ1) is 21.9. The van der Waals surface area contributed by atoms with Crippen molar-refractivity contribution in [2.24, 2.45) is 7.05 Å². The van der Waals surface area contributed by atoms with E-state index in [0.29, 0.717) is 24.3 Å². The van der Waals surface area contributed by atoms with Gasteiger partial charge in [-0.25, -0.2) is 9.48 Å². The Bertz CT molecular complexity index is 1100. The maximum atomic E-state index is 13.0. The summed E-state index contributed by atoms with van der Waals surface area (Å²) < 4.78 is 9.25. The molecular weight excluding hydrogens is 404 g/mol. The molecule has 7 nitrogen and oxygen atoms in total. The molecular formula is C25H30N4O3. The first-order chi connectivity index (χ1) is 15.4. The third-order valence-corrected chi connectivity index (χ3v) is 6.09. The number of ether oxygens (including phenoxy) is 1. The van der Waals surface area contributed by atoms with Gasteiger partial charge in [-0.1, -0.05) is 0 Å². The highest BCUT2D eigenvalue weighted by molar-refractivity contribution is 5.93. The molecule has 7 heteroatoms. The van der Waals surface area contributed by atoms with Gasteiger partial charge < -0.3 is 14.2 Å². The summed E-state index contributed by atoms with van der Waals surface area (Å²) in [6.45, 7) is 4.99. The number of benzene rings is 1. The van der Waals surface area contributed by atoms with Gasteiger partial charge in [0.25, 0.3) is 5.91 Å². The molecule has 1 unspecified atom stereocenters. The smallest absolute Gasteiger partial charge is 0.338 e. The molecule has 0 aliphatic carbocycles. The van der Waals surface area contributed by atoms with E-state index in [1.165, 1.54) is 0 Å². The molecule has 1 aliphatic rings. The van der Waals surface area contributed by atoms with E-state index in [1.807, 2.05) is 71.6 Å². The van der Waals surface area contributed by atoms with E-state index in [4.69, 9.17) is 4.74 Å². The fourth-order valence-electron chi connectivity index (χ4n) is 4.40. The number of amides is 1. The van der Waals surface area contributed by atoms with E-state index < -0.39 is 0 Å². The number of aromatic nitrogens is 3. The molecule has 1 aromatic carbocycles. The van der Waals surface area contributed by atoms with Gasteiger partial charge in [0.2, 0.25) is 0 Å². The first-order valence-electron chi connectivity index (χ1n) is 11.2. The van der Waals surface area contributed by atoms with Gasteiger partial charge in [0, 0.05) is 37.9 Å². The lowest BCUT2D eigenvalue weighted by molar-refractivity contribution is 0.0406. The maximum Gasteiger partial charge on any atom is 0.338 e. The summed E-state index contributed by atoms with van der Waals surface area (Å²) in [5, 5.41) is 4.47. The molecule has 1 saturated heterocycles. The molecule has 1 aliphatic heterocycles. The molecule has 0 bridgehead atoms. The molecule has 0 N–H and O–H groups in total. The highest BCUT2D eigenvalue weighted by Crippen LogP contribution is 2.22. The number of likely N-dealkylation sites (tertiary alicyclic amines) is 1. The Kier molecular flexibility index (Phi) is 6.44. The Labute approximate surface area is 188 Å². The second-order valence-electron chi connectivity index (χ2n) is 8.46. The Morgan fingerprint density at radius 2 is 1.91 bits per heavy atom. The van der Waals surface area contributed by atoms with E-state index in [0.717, 1.165) is 42.9 Å². The van der Waals surface area contributed by atoms with Crippen molar-refractivity contribution in [1.82, 2.24) is 19.2 Å². The summed E-state index contributed by atoms with van der Waals surface area (Å²) in [5.41, 5.74) is 4.10. The minimum absolute atomic E-state index is 0.0493. The third kappa shape index (κ3) is 4.61. The van der Waals surface area contributed by atoms with Gasteiger partial charge in [0.05, 0.1) is 23.6 Å². The molecule has 0 saturated carbocycles. The monoisotopic (exact) mass is 434 g/mol. The predicted molar refractivity (Wildman–Crippen MR) is 122 cm³/mol. The fourth-order valence-corrected chi connectivity index (χ4v) is 4.40. The van der Waals surface area contributed by atoms with Crippen LogP contribution in [-0.4, -0.2) is 50.3 Å². The summed E-state index contributed by atoms with van der Waals surface area (Å²) in [6, 6.07) is 13.1. The lowest BCUT2D eigenvalue weighted by Crippen LogP contribution is -2.44. The number of piperidine rings is 1. The van der Waals surface area contributed by atoms with Gasteiger partial charge in [0.15, 0.2) is 0 Å². The summed E-state index contributed by atoms with van der Waals surface area (Å²) in [7, 11) is 1.88. The van der Waals surface area contributed by atoms with Crippen LogP contribution in [0.4, 0.5) is 0 Å². The number of hydrogen-bond acceptors (Lipinski definition) is 4. The first-order valence-corrected chi connectivity index (χ1v) is 11.2. The zero-order valence-electron chi connectivity index (χ0n) is 19.0. The number of carbonyl (C=O) groups excluding carboxylic acids is 2. The number of carbonyl (C=O) groups is 2. The molecule has 1 amide bonds. The molecule has 1 atom stereocenters. The van der Waals surface area contributed by atoms with Crippen LogP contribution >= 0.6 is 0 Å². The van der Waals surface area contributed by atoms with Gasteiger partial charge in [-0.3, -0.25) is 4.79 Å². The quantitative estimate of drug-likeness (QED) is 0.549. The van der Waals surface area contributed by atoms with Crippen LogP contribution in [0.3, 0.4) is 0 Å². The zero-order valence-corrected chi connectivity index (χ0v) is 19.0. The summed E-state index contributed by atoms with van der Waals surface area (Å²) in [6.07, 6.45) is 5.56. The van der Waals surface area contributed by atoms with Crippen LogP contribution in [-0.2, 0) is 11.8 Å². The standard InChI is InChI=1S/C25H30N4O3/c1-18-17-19(2)29(26-18)22-11-9-20(10-12-22)25(31)32-16-13-21-7-4-5-15-28(21)24(30)23-8-6-14-27(23)3/h6,8-12,14,17,21H,4-5,7,13,15-16H2,1-3H3.